The van der Waals surface area contributed by atoms with Crippen molar-refractivity contribution in [3.05, 3.63) is 59.7 Å². The molecule has 1 fully saturated rings. The number of rotatable bonds is 8. The summed E-state index contributed by atoms with van der Waals surface area (Å²) in [5.74, 6) is 1.19. The van der Waals surface area contributed by atoms with Crippen molar-refractivity contribution < 1.29 is 14.3 Å². The number of nitrogens with one attached hydrogen (secondary N) is 1. The van der Waals surface area contributed by atoms with Crippen molar-refractivity contribution in [1.29, 1.82) is 0 Å². The molecular formula is C23H30N2O3. The van der Waals surface area contributed by atoms with Gasteiger partial charge in [-0.1, -0.05) is 36.8 Å². The number of amides is 1. The highest BCUT2D eigenvalue weighted by Crippen LogP contribution is 2.20. The lowest BCUT2D eigenvalue weighted by molar-refractivity contribution is -0.127. The predicted octanol–water partition coefficient (Wildman–Crippen LogP) is 3.76. The van der Waals surface area contributed by atoms with Crippen molar-refractivity contribution in [3.63, 3.8) is 0 Å². The molecule has 1 N–H and O–H groups in total. The Morgan fingerprint density at radius 3 is 2.50 bits per heavy atom. The third-order valence-electron chi connectivity index (χ3n) is 5.14. The lowest BCUT2D eigenvalue weighted by Crippen LogP contribution is -2.36. The first kappa shape index (κ1) is 20.2. The summed E-state index contributed by atoms with van der Waals surface area (Å²) >= 11 is 0. The molecule has 150 valence electrons. The van der Waals surface area contributed by atoms with Crippen LogP contribution in [0, 0.1) is 0 Å². The zero-order chi connectivity index (χ0) is 19.8. The van der Waals surface area contributed by atoms with E-state index < -0.39 is 6.10 Å². The second kappa shape index (κ2) is 10.1. The van der Waals surface area contributed by atoms with E-state index >= 15 is 0 Å². The Morgan fingerprint density at radius 1 is 1.04 bits per heavy atom. The highest BCUT2D eigenvalue weighted by Gasteiger charge is 2.16. The molecule has 28 heavy (non-hydrogen) atoms. The summed E-state index contributed by atoms with van der Waals surface area (Å²) in [6.07, 6.45) is 3.30. The molecule has 5 heteroatoms. The number of piperidine rings is 1. The monoisotopic (exact) mass is 382 g/mol. The van der Waals surface area contributed by atoms with Crippen molar-refractivity contribution in [2.45, 2.75) is 45.4 Å². The first-order chi connectivity index (χ1) is 13.7. The van der Waals surface area contributed by atoms with Gasteiger partial charge in [-0.2, -0.15) is 0 Å². The van der Waals surface area contributed by atoms with Crippen LogP contribution < -0.4 is 14.8 Å². The van der Waals surface area contributed by atoms with E-state index in [9.17, 15) is 4.79 Å². The number of likely N-dealkylation sites (tertiary alicyclic amines) is 1. The van der Waals surface area contributed by atoms with Crippen LogP contribution in [0.3, 0.4) is 0 Å². The lowest BCUT2D eigenvalue weighted by atomic mass is 10.0. The molecule has 1 aliphatic heterocycles. The van der Waals surface area contributed by atoms with Crippen LogP contribution in [0.15, 0.2) is 48.5 Å². The van der Waals surface area contributed by atoms with Crippen LogP contribution in [0.5, 0.6) is 11.5 Å². The number of carbonyl (C=O) groups is 1. The molecule has 1 unspecified atom stereocenters. The van der Waals surface area contributed by atoms with E-state index in [1.807, 2.05) is 24.3 Å². The molecule has 1 saturated heterocycles. The third-order valence-corrected chi connectivity index (χ3v) is 5.14. The summed E-state index contributed by atoms with van der Waals surface area (Å²) in [4.78, 5) is 15.0. The standard InChI is InChI=1S/C23H30N2O3/c1-18(28-22-12-8-11-21(15-22)27-2)23(26)24-16-19-9-4-5-10-20(19)17-25-13-6-3-7-14-25/h4-5,8-12,15,18H,3,6-7,13-14,16-17H2,1-2H3,(H,24,26). The molecule has 1 amide bonds. The van der Waals surface area contributed by atoms with E-state index in [2.05, 4.69) is 28.4 Å². The zero-order valence-corrected chi connectivity index (χ0v) is 16.8. The molecule has 0 bridgehead atoms. The summed E-state index contributed by atoms with van der Waals surface area (Å²) in [7, 11) is 1.61. The van der Waals surface area contributed by atoms with E-state index in [0.29, 0.717) is 18.0 Å². The molecule has 5 nitrogen and oxygen atoms in total. The number of hydrogen-bond acceptors (Lipinski definition) is 4. The van der Waals surface area contributed by atoms with Crippen molar-refractivity contribution in [2.75, 3.05) is 20.2 Å². The Hall–Kier alpha value is -2.53. The SMILES string of the molecule is COc1cccc(OC(C)C(=O)NCc2ccccc2CN2CCCCC2)c1. The Kier molecular flexibility index (Phi) is 7.31. The van der Waals surface area contributed by atoms with E-state index in [-0.39, 0.29) is 5.91 Å². The molecule has 0 aromatic heterocycles. The smallest absolute Gasteiger partial charge is 0.261 e. The maximum absolute atomic E-state index is 12.5. The van der Waals surface area contributed by atoms with Crippen LogP contribution in [0.25, 0.3) is 0 Å². The van der Waals surface area contributed by atoms with Gasteiger partial charge in [-0.15, -0.1) is 0 Å². The van der Waals surface area contributed by atoms with Gasteiger partial charge in [0.15, 0.2) is 6.10 Å². The minimum atomic E-state index is -0.582. The largest absolute Gasteiger partial charge is 0.497 e. The van der Waals surface area contributed by atoms with Crippen LogP contribution in [-0.2, 0) is 17.9 Å². The fraction of sp³-hybridized carbons (Fsp3) is 0.435. The summed E-state index contributed by atoms with van der Waals surface area (Å²) in [5.41, 5.74) is 2.45. The first-order valence-electron chi connectivity index (χ1n) is 10.0. The van der Waals surface area contributed by atoms with E-state index in [0.717, 1.165) is 25.2 Å². The van der Waals surface area contributed by atoms with Gasteiger partial charge in [0, 0.05) is 19.2 Å². The number of hydrogen-bond donors (Lipinski definition) is 1. The normalized spacial score (nSPS) is 15.6. The van der Waals surface area contributed by atoms with Gasteiger partial charge in [0.05, 0.1) is 7.11 Å². The molecule has 2 aromatic carbocycles. The minimum absolute atomic E-state index is 0.129. The van der Waals surface area contributed by atoms with Gasteiger partial charge in [0.25, 0.3) is 5.91 Å². The second-order valence-electron chi connectivity index (χ2n) is 7.26. The third kappa shape index (κ3) is 5.73. The topological polar surface area (TPSA) is 50.8 Å². The molecule has 1 heterocycles. The van der Waals surface area contributed by atoms with Crippen LogP contribution in [-0.4, -0.2) is 37.1 Å². The number of carbonyl (C=O) groups excluding carboxylic acids is 1. The molecule has 0 saturated carbocycles. The number of benzene rings is 2. The van der Waals surface area contributed by atoms with Crippen LogP contribution in [0.1, 0.15) is 37.3 Å². The summed E-state index contributed by atoms with van der Waals surface area (Å²) < 4.78 is 11.0. The average molecular weight is 383 g/mol. The van der Waals surface area contributed by atoms with Gasteiger partial charge < -0.3 is 14.8 Å². The van der Waals surface area contributed by atoms with E-state index in [1.165, 1.54) is 24.8 Å². The maximum Gasteiger partial charge on any atom is 0.261 e. The van der Waals surface area contributed by atoms with Crippen molar-refractivity contribution >= 4 is 5.91 Å². The first-order valence-corrected chi connectivity index (χ1v) is 10.0. The predicted molar refractivity (Wildman–Crippen MR) is 111 cm³/mol. The second-order valence-corrected chi connectivity index (χ2v) is 7.26. The number of ether oxygens (including phenoxy) is 2. The van der Waals surface area contributed by atoms with Crippen LogP contribution >= 0.6 is 0 Å². The fourth-order valence-corrected chi connectivity index (χ4v) is 3.50. The number of methoxy groups -OCH3 is 1. The lowest BCUT2D eigenvalue weighted by Gasteiger charge is -2.27. The van der Waals surface area contributed by atoms with Crippen molar-refractivity contribution in [2.24, 2.45) is 0 Å². The molecule has 1 atom stereocenters. The van der Waals surface area contributed by atoms with Gasteiger partial charge in [-0.3, -0.25) is 9.69 Å². The summed E-state index contributed by atoms with van der Waals surface area (Å²) in [5, 5.41) is 3.01. The highest BCUT2D eigenvalue weighted by molar-refractivity contribution is 5.80. The summed E-state index contributed by atoms with van der Waals surface area (Å²) in [6, 6.07) is 15.6. The maximum atomic E-state index is 12.5. The number of nitrogens with zero attached hydrogens (tertiary/aromatic N) is 1. The van der Waals surface area contributed by atoms with Crippen LogP contribution in [0.4, 0.5) is 0 Å². The van der Waals surface area contributed by atoms with E-state index in [1.54, 1.807) is 20.1 Å². The van der Waals surface area contributed by atoms with Gasteiger partial charge in [-0.05, 0) is 56.1 Å². The quantitative estimate of drug-likeness (QED) is 0.755. The van der Waals surface area contributed by atoms with Gasteiger partial charge in [0.2, 0.25) is 0 Å². The molecule has 3 rings (SSSR count). The Bertz CT molecular complexity index is 772. The van der Waals surface area contributed by atoms with Crippen LogP contribution in [0.2, 0.25) is 0 Å². The summed E-state index contributed by atoms with van der Waals surface area (Å²) in [6.45, 7) is 5.53. The zero-order valence-electron chi connectivity index (χ0n) is 16.8. The van der Waals surface area contributed by atoms with Crippen molar-refractivity contribution in [3.8, 4) is 11.5 Å². The molecule has 0 spiro atoms. The molecular weight excluding hydrogens is 352 g/mol. The molecule has 1 aliphatic rings. The van der Waals surface area contributed by atoms with Gasteiger partial charge >= 0.3 is 0 Å². The Balaban J connectivity index is 1.54. The molecule has 2 aromatic rings. The van der Waals surface area contributed by atoms with E-state index in [4.69, 9.17) is 9.47 Å². The minimum Gasteiger partial charge on any atom is -0.497 e. The van der Waals surface area contributed by atoms with Gasteiger partial charge in [0.1, 0.15) is 11.5 Å². The Labute approximate surface area is 167 Å². The van der Waals surface area contributed by atoms with Crippen molar-refractivity contribution in [1.82, 2.24) is 10.2 Å². The molecule has 0 aliphatic carbocycles. The molecule has 0 radical (unpaired) electrons. The van der Waals surface area contributed by atoms with Gasteiger partial charge in [-0.25, -0.2) is 0 Å². The average Bonchev–Trinajstić information content (AvgIpc) is 2.73. The Morgan fingerprint density at radius 2 is 1.75 bits per heavy atom. The fourth-order valence-electron chi connectivity index (χ4n) is 3.50. The highest BCUT2D eigenvalue weighted by atomic mass is 16.5.